The van der Waals surface area contributed by atoms with Gasteiger partial charge in [-0.1, -0.05) is 6.07 Å². The summed E-state index contributed by atoms with van der Waals surface area (Å²) in [6.07, 6.45) is 1.50. The summed E-state index contributed by atoms with van der Waals surface area (Å²) in [7, 11) is 1.59. The third-order valence-corrected chi connectivity index (χ3v) is 3.13. The van der Waals surface area contributed by atoms with Crippen molar-refractivity contribution in [2.75, 3.05) is 13.7 Å². The Balaban J connectivity index is 2.46. The fourth-order valence-electron chi connectivity index (χ4n) is 1.82. The van der Waals surface area contributed by atoms with Crippen molar-refractivity contribution < 1.29 is 14.3 Å². The normalized spacial score (nSPS) is 12.7. The first-order chi connectivity index (χ1) is 8.56. The molecule has 0 aliphatic carbocycles. The van der Waals surface area contributed by atoms with Gasteiger partial charge in [-0.3, -0.25) is 4.79 Å². The number of hydrogen-bond donors (Lipinski definition) is 2. The summed E-state index contributed by atoms with van der Waals surface area (Å²) in [5.74, 6) is -0.741. The van der Waals surface area contributed by atoms with Crippen LogP contribution in [0.2, 0.25) is 0 Å². The zero-order valence-electron chi connectivity index (χ0n) is 10.3. The van der Waals surface area contributed by atoms with Crippen LogP contribution in [0.3, 0.4) is 0 Å². The molecule has 0 fully saturated rings. The van der Waals surface area contributed by atoms with E-state index in [2.05, 4.69) is 4.98 Å². The molecule has 1 heterocycles. The highest BCUT2D eigenvalue weighted by Crippen LogP contribution is 2.22. The second-order valence-corrected chi connectivity index (χ2v) is 4.31. The summed E-state index contributed by atoms with van der Waals surface area (Å²) in [5, 5.41) is 9.33. The number of rotatable bonds is 3. The minimum Gasteiger partial charge on any atom is -0.394 e. The summed E-state index contributed by atoms with van der Waals surface area (Å²) in [6.45, 7) is 1.59. The first-order valence-corrected chi connectivity index (χ1v) is 5.70. The van der Waals surface area contributed by atoms with Crippen molar-refractivity contribution in [3.8, 4) is 0 Å². The van der Waals surface area contributed by atoms with Gasteiger partial charge in [-0.15, -0.1) is 0 Å². The third-order valence-electron chi connectivity index (χ3n) is 3.13. The van der Waals surface area contributed by atoms with Crippen molar-refractivity contribution in [1.82, 2.24) is 9.88 Å². The third kappa shape index (κ3) is 1.97. The summed E-state index contributed by atoms with van der Waals surface area (Å²) in [4.78, 5) is 16.5. The van der Waals surface area contributed by atoms with Gasteiger partial charge in [-0.25, -0.2) is 4.39 Å². The minimum atomic E-state index is -0.429. The van der Waals surface area contributed by atoms with Crippen LogP contribution < -0.4 is 0 Å². The molecule has 4 nitrogen and oxygen atoms in total. The maximum atomic E-state index is 13.7. The Morgan fingerprint density at radius 2 is 2.28 bits per heavy atom. The van der Waals surface area contributed by atoms with E-state index in [0.29, 0.717) is 10.9 Å². The topological polar surface area (TPSA) is 56.3 Å². The van der Waals surface area contributed by atoms with E-state index in [1.807, 2.05) is 0 Å². The number of carbonyl (C=O) groups excluding carboxylic acids is 1. The Bertz CT molecular complexity index is 579. The molecular formula is C13H15FN2O2. The van der Waals surface area contributed by atoms with Crippen LogP contribution in [0, 0.1) is 5.82 Å². The van der Waals surface area contributed by atoms with E-state index in [1.165, 1.54) is 17.2 Å². The molecule has 0 aliphatic heterocycles. The van der Waals surface area contributed by atoms with Crippen LogP contribution in [0.5, 0.6) is 0 Å². The highest BCUT2D eigenvalue weighted by molar-refractivity contribution is 6.06. The van der Waals surface area contributed by atoms with Gasteiger partial charge in [0.2, 0.25) is 0 Å². The zero-order chi connectivity index (χ0) is 13.3. The molecule has 0 radical (unpaired) electrons. The Morgan fingerprint density at radius 1 is 1.56 bits per heavy atom. The number of nitrogens with one attached hydrogen (secondary N) is 1. The van der Waals surface area contributed by atoms with Gasteiger partial charge in [0, 0.05) is 24.1 Å². The molecule has 1 atom stereocenters. The summed E-state index contributed by atoms with van der Waals surface area (Å²) in [5.41, 5.74) is 0.870. The Morgan fingerprint density at radius 3 is 2.94 bits per heavy atom. The number of aromatic nitrogens is 1. The molecule has 96 valence electrons. The first-order valence-electron chi connectivity index (χ1n) is 5.70. The van der Waals surface area contributed by atoms with Crippen molar-refractivity contribution in [2.45, 2.75) is 13.0 Å². The van der Waals surface area contributed by atoms with Gasteiger partial charge in [0.25, 0.3) is 5.91 Å². The van der Waals surface area contributed by atoms with E-state index in [4.69, 9.17) is 5.11 Å². The van der Waals surface area contributed by atoms with E-state index in [9.17, 15) is 9.18 Å². The summed E-state index contributed by atoms with van der Waals surface area (Å²) < 4.78 is 13.7. The van der Waals surface area contributed by atoms with Gasteiger partial charge in [0.1, 0.15) is 5.82 Å². The number of carbonyl (C=O) groups is 1. The van der Waals surface area contributed by atoms with Crippen LogP contribution >= 0.6 is 0 Å². The molecule has 2 aromatic rings. The highest BCUT2D eigenvalue weighted by atomic mass is 19.1. The molecule has 5 heteroatoms. The molecule has 1 aromatic heterocycles. The van der Waals surface area contributed by atoms with E-state index < -0.39 is 5.82 Å². The quantitative estimate of drug-likeness (QED) is 0.872. The van der Waals surface area contributed by atoms with Crippen LogP contribution in [0.25, 0.3) is 10.9 Å². The molecular weight excluding hydrogens is 235 g/mol. The number of aromatic amines is 1. The van der Waals surface area contributed by atoms with Crippen LogP contribution in [0.15, 0.2) is 24.4 Å². The molecule has 1 unspecified atom stereocenters. The minimum absolute atomic E-state index is 0.132. The van der Waals surface area contributed by atoms with E-state index in [0.717, 1.165) is 0 Å². The van der Waals surface area contributed by atoms with Crippen molar-refractivity contribution >= 4 is 16.8 Å². The standard InChI is InChI=1S/C13H15FN2O2/c1-8(7-17)16(2)13(18)9-6-15-11-5-3-4-10(14)12(9)11/h3-6,8,15,17H,7H2,1-2H3. The zero-order valence-corrected chi connectivity index (χ0v) is 10.3. The van der Waals surface area contributed by atoms with Crippen molar-refractivity contribution in [3.63, 3.8) is 0 Å². The fraction of sp³-hybridized carbons (Fsp3) is 0.308. The molecule has 2 N–H and O–H groups in total. The van der Waals surface area contributed by atoms with Gasteiger partial charge in [-0.05, 0) is 19.1 Å². The number of aliphatic hydroxyl groups is 1. The van der Waals surface area contributed by atoms with Gasteiger partial charge in [-0.2, -0.15) is 0 Å². The maximum Gasteiger partial charge on any atom is 0.256 e. The van der Waals surface area contributed by atoms with Gasteiger partial charge in [0.05, 0.1) is 18.2 Å². The van der Waals surface area contributed by atoms with Gasteiger partial charge >= 0.3 is 0 Å². The number of benzene rings is 1. The molecule has 0 saturated heterocycles. The average molecular weight is 250 g/mol. The highest BCUT2D eigenvalue weighted by Gasteiger charge is 2.21. The lowest BCUT2D eigenvalue weighted by atomic mass is 10.1. The number of fused-ring (bicyclic) bond motifs is 1. The first kappa shape index (κ1) is 12.6. The van der Waals surface area contributed by atoms with Crippen molar-refractivity contribution in [2.24, 2.45) is 0 Å². The lowest BCUT2D eigenvalue weighted by Crippen LogP contribution is -2.37. The predicted molar refractivity (Wildman–Crippen MR) is 66.9 cm³/mol. The van der Waals surface area contributed by atoms with Gasteiger partial charge < -0.3 is 15.0 Å². The second-order valence-electron chi connectivity index (χ2n) is 4.31. The van der Waals surface area contributed by atoms with Crippen LogP contribution in [0.4, 0.5) is 4.39 Å². The predicted octanol–water partition coefficient (Wildman–Crippen LogP) is 1.76. The number of aliphatic hydroxyl groups excluding tert-OH is 1. The number of amides is 1. The molecule has 0 bridgehead atoms. The summed E-state index contributed by atoms with van der Waals surface area (Å²) in [6, 6.07) is 4.31. The number of halogens is 1. The number of H-pyrrole nitrogens is 1. The monoisotopic (exact) mass is 250 g/mol. The number of likely N-dealkylation sites (N-methyl/N-ethyl adjacent to an activating group) is 1. The molecule has 1 amide bonds. The Hall–Kier alpha value is -1.88. The smallest absolute Gasteiger partial charge is 0.256 e. The average Bonchev–Trinajstić information content (AvgIpc) is 2.81. The summed E-state index contributed by atoms with van der Waals surface area (Å²) >= 11 is 0. The van der Waals surface area contributed by atoms with Gasteiger partial charge in [0.15, 0.2) is 0 Å². The van der Waals surface area contributed by atoms with Crippen LogP contribution in [0.1, 0.15) is 17.3 Å². The van der Waals surface area contributed by atoms with Crippen LogP contribution in [-0.2, 0) is 0 Å². The Labute approximate surface area is 104 Å². The van der Waals surface area contributed by atoms with Crippen molar-refractivity contribution in [3.05, 3.63) is 35.8 Å². The lowest BCUT2D eigenvalue weighted by molar-refractivity contribution is 0.0684. The molecule has 2 rings (SSSR count). The molecule has 1 aromatic carbocycles. The van der Waals surface area contributed by atoms with Crippen molar-refractivity contribution in [1.29, 1.82) is 0 Å². The number of hydrogen-bond acceptors (Lipinski definition) is 2. The SMILES string of the molecule is CC(CO)N(C)C(=O)c1c[nH]c2cccc(F)c12. The second kappa shape index (κ2) is 4.78. The molecule has 18 heavy (non-hydrogen) atoms. The van der Waals surface area contributed by atoms with E-state index >= 15 is 0 Å². The Kier molecular flexibility index (Phi) is 3.34. The van der Waals surface area contributed by atoms with E-state index in [1.54, 1.807) is 26.1 Å². The molecule has 0 aliphatic rings. The number of nitrogens with zero attached hydrogens (tertiary/aromatic N) is 1. The fourth-order valence-corrected chi connectivity index (χ4v) is 1.82. The molecule has 0 spiro atoms. The van der Waals surface area contributed by atoms with E-state index in [-0.39, 0.29) is 24.1 Å². The molecule has 0 saturated carbocycles. The maximum absolute atomic E-state index is 13.7. The largest absolute Gasteiger partial charge is 0.394 e. The van der Waals surface area contributed by atoms with Crippen LogP contribution in [-0.4, -0.2) is 40.6 Å². The lowest BCUT2D eigenvalue weighted by Gasteiger charge is -2.22.